The van der Waals surface area contributed by atoms with E-state index in [1.807, 2.05) is 95.6 Å². The number of hydrogen-bond acceptors (Lipinski definition) is 5. The summed E-state index contributed by atoms with van der Waals surface area (Å²) in [7, 11) is 0. The van der Waals surface area contributed by atoms with Gasteiger partial charge < -0.3 is 24.1 Å². The molecule has 40 heavy (non-hydrogen) atoms. The van der Waals surface area contributed by atoms with Crippen LogP contribution in [0.15, 0.2) is 119 Å². The van der Waals surface area contributed by atoms with Crippen LogP contribution < -0.4 is 15.5 Å². The van der Waals surface area contributed by atoms with Crippen LogP contribution in [0.4, 0.5) is 4.79 Å². The number of aromatic nitrogens is 2. The Morgan fingerprint density at radius 3 is 2.15 bits per heavy atom. The molecule has 2 N–H and O–H groups in total. The largest absolute Gasteiger partial charge is 0.481 e. The minimum atomic E-state index is -1.14. The summed E-state index contributed by atoms with van der Waals surface area (Å²) >= 11 is 2.14. The molecule has 5 aromatic rings. The molecule has 0 fully saturated rings. The first-order valence-electron chi connectivity index (χ1n) is 12.6. The van der Waals surface area contributed by atoms with Crippen LogP contribution in [-0.4, -0.2) is 26.8 Å². The summed E-state index contributed by atoms with van der Waals surface area (Å²) in [5.41, 5.74) is 2.48. The number of carbonyl (C=O) groups is 1. The Balaban J connectivity index is 1.55. The molecule has 8 nitrogen and oxygen atoms in total. The van der Waals surface area contributed by atoms with Crippen molar-refractivity contribution in [3.63, 3.8) is 0 Å². The third-order valence-electron chi connectivity index (χ3n) is 6.48. The van der Waals surface area contributed by atoms with Crippen LogP contribution in [0.1, 0.15) is 22.6 Å². The molecule has 2 aromatic heterocycles. The van der Waals surface area contributed by atoms with Gasteiger partial charge in [-0.1, -0.05) is 91.0 Å². The lowest BCUT2D eigenvalue weighted by molar-refractivity contribution is 0.186. The second-order valence-electron chi connectivity index (χ2n) is 9.09. The molecule has 0 bridgehead atoms. The van der Waals surface area contributed by atoms with Crippen molar-refractivity contribution in [3.8, 4) is 17.3 Å². The monoisotopic (exact) mass is 647 g/mol. The smallest absolute Gasteiger partial charge is 0.404 e. The minimum Gasteiger partial charge on any atom is -0.481 e. The van der Waals surface area contributed by atoms with E-state index in [4.69, 9.17) is 9.15 Å². The van der Waals surface area contributed by atoms with Gasteiger partial charge in [0.25, 0.3) is 0 Å². The van der Waals surface area contributed by atoms with Crippen molar-refractivity contribution in [2.24, 2.45) is 0 Å². The number of carboxylic acid groups (broad SMARTS) is 1. The van der Waals surface area contributed by atoms with E-state index in [0.717, 1.165) is 20.4 Å². The summed E-state index contributed by atoms with van der Waals surface area (Å²) in [5.74, 6) is 0.278. The molecule has 1 atom stereocenters. The molecule has 0 spiro atoms. The number of imidazole rings is 1. The van der Waals surface area contributed by atoms with Gasteiger partial charge in [-0.2, -0.15) is 0 Å². The molecule has 1 amide bonds. The molecular weight excluding hydrogens is 621 g/mol. The number of benzene rings is 3. The van der Waals surface area contributed by atoms with Gasteiger partial charge in [0, 0.05) is 18.5 Å². The highest BCUT2D eigenvalue weighted by Crippen LogP contribution is 2.33. The van der Waals surface area contributed by atoms with Gasteiger partial charge in [0.2, 0.25) is 16.9 Å². The van der Waals surface area contributed by atoms with Crippen molar-refractivity contribution >= 4 is 28.7 Å². The lowest BCUT2D eigenvalue weighted by Crippen LogP contribution is -2.42. The fraction of sp³-hybridized carbons (Fsp3) is 0.129. The van der Waals surface area contributed by atoms with Crippen molar-refractivity contribution in [1.29, 1.82) is 0 Å². The lowest BCUT2D eigenvalue weighted by Gasteiger charge is -2.29. The van der Waals surface area contributed by atoms with Crippen LogP contribution in [-0.2, 0) is 13.2 Å². The third kappa shape index (κ3) is 6.26. The SMILES string of the molecule is O=C(O)NC(Cn1c(I)cnc1-c1occc(=O)c1OCc1ccccc1)C(c1ccccc1)c1ccccc1. The summed E-state index contributed by atoms with van der Waals surface area (Å²) < 4.78 is 14.4. The molecule has 0 aliphatic carbocycles. The van der Waals surface area contributed by atoms with Gasteiger partial charge in [-0.3, -0.25) is 4.79 Å². The first kappa shape index (κ1) is 27.2. The van der Waals surface area contributed by atoms with Crippen LogP contribution >= 0.6 is 22.6 Å². The Hall–Kier alpha value is -4.38. The number of amides is 1. The third-order valence-corrected chi connectivity index (χ3v) is 7.34. The zero-order valence-electron chi connectivity index (χ0n) is 21.3. The molecule has 0 aliphatic heterocycles. The van der Waals surface area contributed by atoms with Crippen LogP contribution in [0.2, 0.25) is 0 Å². The number of rotatable bonds is 10. The minimum absolute atomic E-state index is 0.0417. The van der Waals surface area contributed by atoms with Gasteiger partial charge in [-0.05, 0) is 39.3 Å². The topological polar surface area (TPSA) is 107 Å². The van der Waals surface area contributed by atoms with Gasteiger partial charge in [0.1, 0.15) is 10.3 Å². The number of nitrogens with one attached hydrogen (secondary N) is 1. The average Bonchev–Trinajstić information content (AvgIpc) is 3.33. The highest BCUT2D eigenvalue weighted by molar-refractivity contribution is 14.1. The molecular formula is C31H26IN3O5. The van der Waals surface area contributed by atoms with E-state index >= 15 is 0 Å². The summed E-state index contributed by atoms with van der Waals surface area (Å²) in [6.07, 6.45) is 1.82. The van der Waals surface area contributed by atoms with E-state index in [-0.39, 0.29) is 36.0 Å². The Kier molecular flexibility index (Phi) is 8.60. The maximum absolute atomic E-state index is 12.9. The molecule has 2 heterocycles. The zero-order chi connectivity index (χ0) is 27.9. The molecule has 9 heteroatoms. The number of ether oxygens (including phenoxy) is 1. The van der Waals surface area contributed by atoms with E-state index in [2.05, 4.69) is 32.9 Å². The van der Waals surface area contributed by atoms with Gasteiger partial charge in [0.05, 0.1) is 18.5 Å². The molecule has 5 rings (SSSR count). The van der Waals surface area contributed by atoms with Crippen molar-refractivity contribution in [1.82, 2.24) is 14.9 Å². The lowest BCUT2D eigenvalue weighted by atomic mass is 9.85. The standard InChI is InChI=1S/C31H26IN3O5/c32-26-18-33-30(29-28(25(36)16-17-39-29)40-20-21-10-4-1-5-11-21)35(26)19-24(34-31(37)38)27(22-12-6-2-7-13-22)23-14-8-3-9-15-23/h1-18,24,27,34H,19-20H2,(H,37,38). The predicted octanol–water partition coefficient (Wildman–Crippen LogP) is 6.16. The molecule has 1 unspecified atom stereocenters. The van der Waals surface area contributed by atoms with E-state index < -0.39 is 12.1 Å². The van der Waals surface area contributed by atoms with E-state index in [0.29, 0.717) is 5.82 Å². The average molecular weight is 647 g/mol. The predicted molar refractivity (Wildman–Crippen MR) is 159 cm³/mol. The van der Waals surface area contributed by atoms with Gasteiger partial charge in [0.15, 0.2) is 5.82 Å². The first-order chi connectivity index (χ1) is 19.5. The normalized spacial score (nSPS) is 11.8. The van der Waals surface area contributed by atoms with Crippen LogP contribution in [0.5, 0.6) is 5.75 Å². The summed E-state index contributed by atoms with van der Waals surface area (Å²) in [4.78, 5) is 29.5. The second kappa shape index (κ2) is 12.6. The maximum Gasteiger partial charge on any atom is 0.404 e. The Morgan fingerprint density at radius 2 is 1.55 bits per heavy atom. The Bertz CT molecular complexity index is 1580. The Labute approximate surface area is 244 Å². The molecule has 0 aliphatic rings. The molecule has 0 radical (unpaired) electrons. The van der Waals surface area contributed by atoms with Crippen LogP contribution in [0, 0.1) is 3.70 Å². The fourth-order valence-electron chi connectivity index (χ4n) is 4.70. The van der Waals surface area contributed by atoms with Gasteiger partial charge >= 0.3 is 6.09 Å². The number of hydrogen-bond donors (Lipinski definition) is 2. The summed E-state index contributed by atoms with van der Waals surface area (Å²) in [6.45, 7) is 0.388. The highest BCUT2D eigenvalue weighted by Gasteiger charge is 2.30. The fourth-order valence-corrected chi connectivity index (χ4v) is 5.27. The highest BCUT2D eigenvalue weighted by atomic mass is 127. The van der Waals surface area contributed by atoms with E-state index in [9.17, 15) is 14.7 Å². The van der Waals surface area contributed by atoms with Crippen molar-refractivity contribution in [3.05, 3.63) is 140 Å². The summed E-state index contributed by atoms with van der Waals surface area (Å²) in [5, 5.41) is 12.6. The maximum atomic E-state index is 12.9. The molecule has 3 aromatic carbocycles. The van der Waals surface area contributed by atoms with Crippen LogP contribution in [0.3, 0.4) is 0 Å². The molecule has 0 saturated carbocycles. The van der Waals surface area contributed by atoms with E-state index in [1.54, 1.807) is 6.20 Å². The van der Waals surface area contributed by atoms with Gasteiger partial charge in [-0.25, -0.2) is 9.78 Å². The zero-order valence-corrected chi connectivity index (χ0v) is 23.5. The van der Waals surface area contributed by atoms with Crippen LogP contribution in [0.25, 0.3) is 11.6 Å². The number of halogens is 1. The van der Waals surface area contributed by atoms with Crippen molar-refractivity contribution in [2.45, 2.75) is 25.1 Å². The second-order valence-corrected chi connectivity index (χ2v) is 10.2. The van der Waals surface area contributed by atoms with E-state index in [1.165, 1.54) is 12.3 Å². The quantitative estimate of drug-likeness (QED) is 0.176. The molecule has 0 saturated heterocycles. The Morgan fingerprint density at radius 1 is 0.950 bits per heavy atom. The first-order valence-corrected chi connectivity index (χ1v) is 13.7. The molecule has 202 valence electrons. The van der Waals surface area contributed by atoms with Crippen molar-refractivity contribution < 1.29 is 19.1 Å². The van der Waals surface area contributed by atoms with Gasteiger partial charge in [-0.15, -0.1) is 0 Å². The van der Waals surface area contributed by atoms with Crippen molar-refractivity contribution in [2.75, 3.05) is 0 Å². The number of nitrogens with zero attached hydrogens (tertiary/aromatic N) is 2. The summed E-state index contributed by atoms with van der Waals surface area (Å²) in [6, 6.07) is 29.8.